The molecule has 4 aromatic rings. The quantitative estimate of drug-likeness (QED) is 0.354. The number of nitrogens with one attached hydrogen (secondary N) is 1. The molecule has 5 rings (SSSR count). The number of hydrogen-bond donors (Lipinski definition) is 1. The van der Waals surface area contributed by atoms with E-state index in [1.54, 1.807) is 12.4 Å². The summed E-state index contributed by atoms with van der Waals surface area (Å²) in [4.78, 5) is 34.8. The Hall–Kier alpha value is -4.19. The van der Waals surface area contributed by atoms with Crippen LogP contribution < -0.4 is 15.6 Å². The number of non-ortho nitro benzene ring substituents is 1. The molecule has 0 unspecified atom stereocenters. The van der Waals surface area contributed by atoms with Crippen LogP contribution >= 0.6 is 0 Å². The van der Waals surface area contributed by atoms with Crippen LogP contribution in [0, 0.1) is 10.1 Å². The molecule has 12 nitrogen and oxygen atoms in total. The van der Waals surface area contributed by atoms with Gasteiger partial charge < -0.3 is 19.2 Å². The molecule has 0 radical (unpaired) electrons. The zero-order valence-corrected chi connectivity index (χ0v) is 17.8. The van der Waals surface area contributed by atoms with Gasteiger partial charge in [0.15, 0.2) is 0 Å². The minimum atomic E-state index is -0.485. The summed E-state index contributed by atoms with van der Waals surface area (Å²) in [6, 6.07) is 5.75. The van der Waals surface area contributed by atoms with E-state index < -0.39 is 4.92 Å². The van der Waals surface area contributed by atoms with Crippen LogP contribution in [0.15, 0.2) is 45.9 Å². The fourth-order valence-electron chi connectivity index (χ4n) is 3.75. The van der Waals surface area contributed by atoms with E-state index >= 15 is 0 Å². The Bertz CT molecular complexity index is 1390. The van der Waals surface area contributed by atoms with Crippen LogP contribution in [0.2, 0.25) is 0 Å². The lowest BCUT2D eigenvalue weighted by molar-refractivity contribution is -0.384. The fourth-order valence-corrected chi connectivity index (χ4v) is 3.75. The number of nitro groups is 1. The Labute approximate surface area is 187 Å². The Morgan fingerprint density at radius 2 is 1.88 bits per heavy atom. The highest BCUT2D eigenvalue weighted by atomic mass is 16.6. The lowest BCUT2D eigenvalue weighted by Crippen LogP contribution is -2.44. The lowest BCUT2D eigenvalue weighted by atomic mass is 10.2. The average Bonchev–Trinajstić information content (AvgIpc) is 3.35. The number of rotatable bonds is 5. The van der Waals surface area contributed by atoms with Crippen LogP contribution in [0.3, 0.4) is 0 Å². The summed E-state index contributed by atoms with van der Waals surface area (Å²) in [5.41, 5.74) is 0.952. The van der Waals surface area contributed by atoms with Gasteiger partial charge in [0.1, 0.15) is 11.2 Å². The SMILES string of the molecule is CCn1cc(-c2nnc(-c3ccc([N+](=O)[O-])cc3)o2)c(=O)c2cnc(N3CCNCC3)nc21. The van der Waals surface area contributed by atoms with Gasteiger partial charge in [0.05, 0.1) is 10.3 Å². The molecule has 0 saturated carbocycles. The molecule has 1 aliphatic rings. The Morgan fingerprint density at radius 3 is 2.58 bits per heavy atom. The summed E-state index contributed by atoms with van der Waals surface area (Å²) in [6.07, 6.45) is 3.21. The van der Waals surface area contributed by atoms with Gasteiger partial charge in [-0.1, -0.05) is 0 Å². The number of nitro benzene ring substituents is 1. The molecule has 0 atom stereocenters. The Balaban J connectivity index is 1.54. The molecule has 1 fully saturated rings. The van der Waals surface area contributed by atoms with Crippen LogP contribution in [0.5, 0.6) is 0 Å². The summed E-state index contributed by atoms with van der Waals surface area (Å²) in [6.45, 7) is 5.84. The third-order valence-electron chi connectivity index (χ3n) is 5.52. The van der Waals surface area contributed by atoms with Gasteiger partial charge >= 0.3 is 0 Å². The highest BCUT2D eigenvalue weighted by molar-refractivity contribution is 5.80. The van der Waals surface area contributed by atoms with Gasteiger partial charge in [-0.15, -0.1) is 10.2 Å². The van der Waals surface area contributed by atoms with Crippen LogP contribution in [-0.2, 0) is 6.54 Å². The van der Waals surface area contributed by atoms with Gasteiger partial charge in [-0.05, 0) is 19.1 Å². The van der Waals surface area contributed by atoms with Crippen molar-refractivity contribution in [3.05, 3.63) is 57.0 Å². The van der Waals surface area contributed by atoms with Gasteiger partial charge in [-0.25, -0.2) is 4.98 Å². The molecule has 33 heavy (non-hydrogen) atoms. The van der Waals surface area contributed by atoms with Crippen molar-refractivity contribution in [3.8, 4) is 22.9 Å². The maximum absolute atomic E-state index is 13.2. The number of aryl methyl sites for hydroxylation is 1. The highest BCUT2D eigenvalue weighted by Crippen LogP contribution is 2.25. The predicted molar refractivity (Wildman–Crippen MR) is 120 cm³/mol. The van der Waals surface area contributed by atoms with Crippen molar-refractivity contribution >= 4 is 22.7 Å². The zero-order valence-electron chi connectivity index (χ0n) is 17.8. The molecule has 0 aliphatic carbocycles. The van der Waals surface area contributed by atoms with Gasteiger partial charge in [0, 0.05) is 62.8 Å². The van der Waals surface area contributed by atoms with E-state index in [0.29, 0.717) is 29.1 Å². The molecular weight excluding hydrogens is 428 g/mol. The molecule has 1 aromatic carbocycles. The van der Waals surface area contributed by atoms with Crippen molar-refractivity contribution < 1.29 is 9.34 Å². The summed E-state index contributed by atoms with van der Waals surface area (Å²) < 4.78 is 7.60. The molecule has 168 valence electrons. The van der Waals surface area contributed by atoms with Crippen LogP contribution in [-0.4, -0.2) is 55.8 Å². The Morgan fingerprint density at radius 1 is 1.15 bits per heavy atom. The number of benzene rings is 1. The normalized spacial score (nSPS) is 14.0. The number of nitrogens with zero attached hydrogens (tertiary/aromatic N) is 7. The number of pyridine rings is 1. The van der Waals surface area contributed by atoms with E-state index in [1.807, 2.05) is 11.5 Å². The molecular formula is C21H20N8O4. The first-order valence-electron chi connectivity index (χ1n) is 10.5. The minimum Gasteiger partial charge on any atom is -0.416 e. The zero-order chi connectivity index (χ0) is 22.9. The maximum Gasteiger partial charge on any atom is 0.269 e. The average molecular weight is 448 g/mol. The van der Waals surface area contributed by atoms with Crippen molar-refractivity contribution in [1.82, 2.24) is 30.0 Å². The van der Waals surface area contributed by atoms with Crippen molar-refractivity contribution in [2.45, 2.75) is 13.5 Å². The third kappa shape index (κ3) is 3.80. The lowest BCUT2D eigenvalue weighted by Gasteiger charge is -2.27. The van der Waals surface area contributed by atoms with Crippen molar-refractivity contribution in [2.75, 3.05) is 31.1 Å². The van der Waals surface area contributed by atoms with Crippen LogP contribution in [0.25, 0.3) is 33.9 Å². The second kappa shape index (κ2) is 8.39. The molecule has 12 heteroatoms. The molecule has 1 aliphatic heterocycles. The van der Waals surface area contributed by atoms with Crippen molar-refractivity contribution in [2.24, 2.45) is 0 Å². The summed E-state index contributed by atoms with van der Waals surface area (Å²) >= 11 is 0. The van der Waals surface area contributed by atoms with E-state index in [1.165, 1.54) is 24.3 Å². The topological polar surface area (TPSA) is 145 Å². The first-order chi connectivity index (χ1) is 16.0. The second-order valence-electron chi connectivity index (χ2n) is 7.52. The van der Waals surface area contributed by atoms with Gasteiger partial charge in [-0.2, -0.15) is 4.98 Å². The smallest absolute Gasteiger partial charge is 0.269 e. The molecule has 3 aromatic heterocycles. The fraction of sp³-hybridized carbons (Fsp3) is 0.286. The largest absolute Gasteiger partial charge is 0.416 e. The number of hydrogen-bond acceptors (Lipinski definition) is 10. The van der Waals surface area contributed by atoms with E-state index in [4.69, 9.17) is 4.42 Å². The van der Waals surface area contributed by atoms with E-state index in [9.17, 15) is 14.9 Å². The first-order valence-corrected chi connectivity index (χ1v) is 10.5. The molecule has 1 saturated heterocycles. The van der Waals surface area contributed by atoms with E-state index in [0.717, 1.165) is 26.2 Å². The van der Waals surface area contributed by atoms with Crippen molar-refractivity contribution in [3.63, 3.8) is 0 Å². The summed E-state index contributed by atoms with van der Waals surface area (Å²) in [5.74, 6) is 0.813. The Kier molecular flexibility index (Phi) is 5.26. The highest BCUT2D eigenvalue weighted by Gasteiger charge is 2.20. The molecule has 1 N–H and O–H groups in total. The standard InChI is InChI=1S/C21H20N8O4/c1-2-27-12-16(20-26-25-19(33-20)13-3-5-14(6-4-13)29(31)32)17(30)15-11-23-21(24-18(15)27)28-9-7-22-8-10-28/h3-6,11-12,22H,2,7-10H2,1H3. The van der Waals surface area contributed by atoms with Gasteiger partial charge in [0.25, 0.3) is 11.6 Å². The second-order valence-corrected chi connectivity index (χ2v) is 7.52. The number of fused-ring (bicyclic) bond motifs is 1. The molecule has 0 amide bonds. The number of anilines is 1. The molecule has 4 heterocycles. The first kappa shape index (κ1) is 20.7. The monoisotopic (exact) mass is 448 g/mol. The van der Waals surface area contributed by atoms with Gasteiger partial charge in [-0.3, -0.25) is 14.9 Å². The maximum atomic E-state index is 13.2. The van der Waals surface area contributed by atoms with Crippen LogP contribution in [0.4, 0.5) is 11.6 Å². The van der Waals surface area contributed by atoms with E-state index in [2.05, 4.69) is 30.4 Å². The third-order valence-corrected chi connectivity index (χ3v) is 5.52. The van der Waals surface area contributed by atoms with Crippen molar-refractivity contribution in [1.29, 1.82) is 0 Å². The molecule has 0 spiro atoms. The summed E-state index contributed by atoms with van der Waals surface area (Å²) in [5, 5.41) is 22.6. The molecule has 0 bridgehead atoms. The summed E-state index contributed by atoms with van der Waals surface area (Å²) in [7, 11) is 0. The predicted octanol–water partition coefficient (Wildman–Crippen LogP) is 1.85. The van der Waals surface area contributed by atoms with Crippen LogP contribution in [0.1, 0.15) is 6.92 Å². The van der Waals surface area contributed by atoms with E-state index in [-0.39, 0.29) is 28.5 Å². The van der Waals surface area contributed by atoms with Gasteiger partial charge in [0.2, 0.25) is 17.3 Å². The number of piperazine rings is 1. The minimum absolute atomic E-state index is 0.0426. The number of aromatic nitrogens is 5.